The van der Waals surface area contributed by atoms with Crippen molar-refractivity contribution in [3.8, 4) is 0 Å². The molecule has 25 heavy (non-hydrogen) atoms. The maximum Gasteiger partial charge on any atom is 0.323 e. The summed E-state index contributed by atoms with van der Waals surface area (Å²) in [7, 11) is 0. The van der Waals surface area contributed by atoms with Crippen molar-refractivity contribution in [3.63, 3.8) is 0 Å². The van der Waals surface area contributed by atoms with Gasteiger partial charge in [-0.2, -0.15) is 0 Å². The highest BCUT2D eigenvalue weighted by atomic mass is 16.5. The number of esters is 2. The first-order valence-electron chi connectivity index (χ1n) is 9.21. The third-order valence-electron chi connectivity index (χ3n) is 3.95. The Bertz CT molecular complexity index is 504. The van der Waals surface area contributed by atoms with Gasteiger partial charge in [0.15, 0.2) is 0 Å². The minimum absolute atomic E-state index is 0.228. The van der Waals surface area contributed by atoms with Crippen molar-refractivity contribution in [2.45, 2.75) is 71.6 Å². The molecule has 2 atom stereocenters. The third-order valence-corrected chi connectivity index (χ3v) is 3.95. The molecule has 0 bridgehead atoms. The van der Waals surface area contributed by atoms with Crippen LogP contribution in [0.4, 0.5) is 0 Å². The van der Waals surface area contributed by atoms with Gasteiger partial charge in [-0.3, -0.25) is 14.9 Å². The van der Waals surface area contributed by atoms with Crippen molar-refractivity contribution in [3.05, 3.63) is 35.9 Å². The second kappa shape index (κ2) is 12.5. The first-order valence-corrected chi connectivity index (χ1v) is 9.21. The van der Waals surface area contributed by atoms with E-state index < -0.39 is 12.1 Å². The maximum absolute atomic E-state index is 12.2. The topological polar surface area (TPSA) is 64.6 Å². The van der Waals surface area contributed by atoms with Crippen LogP contribution in [-0.2, 0) is 25.7 Å². The molecule has 1 aromatic carbocycles. The van der Waals surface area contributed by atoms with E-state index in [4.69, 9.17) is 9.47 Å². The lowest BCUT2D eigenvalue weighted by Gasteiger charge is -2.21. The predicted octanol–water partition coefficient (Wildman–Crippen LogP) is 3.61. The lowest BCUT2D eigenvalue weighted by atomic mass is 10.1. The zero-order chi connectivity index (χ0) is 18.5. The molecule has 0 amide bonds. The number of rotatable bonds is 12. The SMILES string of the molecule is CCCCCC[C@H](N[C@@H](C)C(=O)OCc1ccccc1)C(=O)OCC. The fourth-order valence-electron chi connectivity index (χ4n) is 2.51. The predicted molar refractivity (Wildman–Crippen MR) is 98.0 cm³/mol. The van der Waals surface area contributed by atoms with Gasteiger partial charge in [-0.05, 0) is 25.8 Å². The highest BCUT2D eigenvalue weighted by molar-refractivity contribution is 5.79. The molecule has 1 aromatic rings. The Morgan fingerprint density at radius 2 is 1.72 bits per heavy atom. The Hall–Kier alpha value is -1.88. The summed E-state index contributed by atoms with van der Waals surface area (Å²) < 4.78 is 10.4. The van der Waals surface area contributed by atoms with Crippen molar-refractivity contribution in [2.24, 2.45) is 0 Å². The normalized spacial score (nSPS) is 13.1. The van der Waals surface area contributed by atoms with Crippen LogP contribution in [0.3, 0.4) is 0 Å². The van der Waals surface area contributed by atoms with E-state index in [0.717, 1.165) is 31.2 Å². The molecule has 1 N–H and O–H groups in total. The molecule has 0 saturated carbocycles. The molecule has 0 radical (unpaired) electrons. The van der Waals surface area contributed by atoms with Gasteiger partial charge < -0.3 is 9.47 Å². The van der Waals surface area contributed by atoms with E-state index in [1.54, 1.807) is 13.8 Å². The molecule has 5 heteroatoms. The van der Waals surface area contributed by atoms with Gasteiger partial charge in [0.25, 0.3) is 0 Å². The average Bonchev–Trinajstić information content (AvgIpc) is 2.63. The van der Waals surface area contributed by atoms with Gasteiger partial charge in [0.05, 0.1) is 6.61 Å². The van der Waals surface area contributed by atoms with Crippen molar-refractivity contribution < 1.29 is 19.1 Å². The van der Waals surface area contributed by atoms with Gasteiger partial charge in [-0.25, -0.2) is 0 Å². The standard InChI is InChI=1S/C20H31NO4/c1-4-6-7-11-14-18(20(23)24-5-2)21-16(3)19(22)25-15-17-12-9-8-10-13-17/h8-10,12-13,16,18,21H,4-7,11,14-15H2,1-3H3/t16-,18-/m0/s1. The number of benzene rings is 1. The van der Waals surface area contributed by atoms with E-state index in [2.05, 4.69) is 12.2 Å². The highest BCUT2D eigenvalue weighted by Gasteiger charge is 2.25. The summed E-state index contributed by atoms with van der Waals surface area (Å²) in [6.07, 6.45) is 4.94. The van der Waals surface area contributed by atoms with Crippen LogP contribution in [-0.4, -0.2) is 30.6 Å². The Labute approximate surface area is 151 Å². The van der Waals surface area contributed by atoms with Crippen molar-refractivity contribution in [1.82, 2.24) is 5.32 Å². The van der Waals surface area contributed by atoms with Gasteiger partial charge in [0, 0.05) is 0 Å². The van der Waals surface area contributed by atoms with Crippen molar-refractivity contribution in [2.75, 3.05) is 6.61 Å². The molecular weight excluding hydrogens is 318 g/mol. The monoisotopic (exact) mass is 349 g/mol. The quantitative estimate of drug-likeness (QED) is 0.461. The van der Waals surface area contributed by atoms with Crippen LogP contribution >= 0.6 is 0 Å². The largest absolute Gasteiger partial charge is 0.465 e. The summed E-state index contributed by atoms with van der Waals surface area (Å²) in [6, 6.07) is 8.48. The number of nitrogens with one attached hydrogen (secondary N) is 1. The molecule has 0 unspecified atom stereocenters. The van der Waals surface area contributed by atoms with Gasteiger partial charge in [0.2, 0.25) is 0 Å². The van der Waals surface area contributed by atoms with Crippen LogP contribution in [0, 0.1) is 0 Å². The van der Waals surface area contributed by atoms with Gasteiger partial charge >= 0.3 is 11.9 Å². The molecule has 0 aliphatic rings. The molecule has 5 nitrogen and oxygen atoms in total. The summed E-state index contributed by atoms with van der Waals surface area (Å²) in [4.78, 5) is 24.3. The lowest BCUT2D eigenvalue weighted by molar-refractivity contribution is -0.149. The number of unbranched alkanes of at least 4 members (excludes halogenated alkanes) is 3. The summed E-state index contributed by atoms with van der Waals surface area (Å²) in [5.41, 5.74) is 0.935. The summed E-state index contributed by atoms with van der Waals surface area (Å²) in [5.74, 6) is -0.673. The number of hydrogen-bond acceptors (Lipinski definition) is 5. The third kappa shape index (κ3) is 8.68. The number of carbonyl (C=O) groups excluding carboxylic acids is 2. The fourth-order valence-corrected chi connectivity index (χ4v) is 2.51. The van der Waals surface area contributed by atoms with Crippen LogP contribution in [0.2, 0.25) is 0 Å². The molecule has 0 aliphatic heterocycles. The van der Waals surface area contributed by atoms with E-state index in [1.807, 2.05) is 30.3 Å². The molecule has 0 aliphatic carbocycles. The Morgan fingerprint density at radius 3 is 2.36 bits per heavy atom. The molecule has 0 spiro atoms. The van der Waals surface area contributed by atoms with Crippen LogP contribution in [0.5, 0.6) is 0 Å². The van der Waals surface area contributed by atoms with Gasteiger partial charge in [-0.15, -0.1) is 0 Å². The minimum Gasteiger partial charge on any atom is -0.465 e. The van der Waals surface area contributed by atoms with Gasteiger partial charge in [0.1, 0.15) is 18.7 Å². The molecule has 140 valence electrons. The Morgan fingerprint density at radius 1 is 1.00 bits per heavy atom. The summed E-state index contributed by atoms with van der Waals surface area (Å²) >= 11 is 0. The number of carbonyl (C=O) groups is 2. The molecule has 0 aromatic heterocycles. The second-order valence-corrected chi connectivity index (χ2v) is 6.14. The Balaban J connectivity index is 2.49. The van der Waals surface area contributed by atoms with Crippen LogP contribution in [0.1, 0.15) is 58.4 Å². The molecule has 0 heterocycles. The summed E-state index contributed by atoms with van der Waals surface area (Å²) in [6.45, 7) is 6.20. The van der Waals surface area contributed by atoms with E-state index >= 15 is 0 Å². The van der Waals surface area contributed by atoms with Crippen molar-refractivity contribution in [1.29, 1.82) is 0 Å². The van der Waals surface area contributed by atoms with E-state index in [0.29, 0.717) is 13.0 Å². The maximum atomic E-state index is 12.2. The first kappa shape index (κ1) is 21.2. The molecule has 1 rings (SSSR count). The number of hydrogen-bond donors (Lipinski definition) is 1. The van der Waals surface area contributed by atoms with Crippen LogP contribution < -0.4 is 5.32 Å². The van der Waals surface area contributed by atoms with Crippen LogP contribution in [0.15, 0.2) is 30.3 Å². The molecular formula is C20H31NO4. The van der Waals surface area contributed by atoms with Gasteiger partial charge in [-0.1, -0.05) is 62.9 Å². The second-order valence-electron chi connectivity index (χ2n) is 6.14. The smallest absolute Gasteiger partial charge is 0.323 e. The Kier molecular flexibility index (Phi) is 10.6. The lowest BCUT2D eigenvalue weighted by Crippen LogP contribution is -2.46. The van der Waals surface area contributed by atoms with E-state index in [-0.39, 0.29) is 18.5 Å². The molecule has 0 fully saturated rings. The highest BCUT2D eigenvalue weighted by Crippen LogP contribution is 2.09. The van der Waals surface area contributed by atoms with E-state index in [1.165, 1.54) is 0 Å². The summed E-state index contributed by atoms with van der Waals surface area (Å²) in [5, 5.41) is 3.07. The first-order chi connectivity index (χ1) is 12.1. The van der Waals surface area contributed by atoms with Crippen molar-refractivity contribution >= 4 is 11.9 Å². The zero-order valence-corrected chi connectivity index (χ0v) is 15.6. The average molecular weight is 349 g/mol. The fraction of sp³-hybridized carbons (Fsp3) is 0.600. The molecule has 0 saturated heterocycles. The van der Waals surface area contributed by atoms with E-state index in [9.17, 15) is 9.59 Å². The minimum atomic E-state index is -0.565. The number of ether oxygens (including phenoxy) is 2. The zero-order valence-electron chi connectivity index (χ0n) is 15.6. The van der Waals surface area contributed by atoms with Crippen LogP contribution in [0.25, 0.3) is 0 Å².